The molecule has 0 bridgehead atoms. The Hall–Kier alpha value is -3.31. The first-order chi connectivity index (χ1) is 16.5. The number of hydrazine groups is 2. The summed E-state index contributed by atoms with van der Waals surface area (Å²) in [6, 6.07) is 14.2. The van der Waals surface area contributed by atoms with Crippen molar-refractivity contribution in [2.24, 2.45) is 0 Å². The third-order valence-electron chi connectivity index (χ3n) is 5.04. The van der Waals surface area contributed by atoms with Gasteiger partial charge in [-0.2, -0.15) is 0 Å². The van der Waals surface area contributed by atoms with Crippen LogP contribution < -0.4 is 32.2 Å². The van der Waals surface area contributed by atoms with Crippen molar-refractivity contribution in [1.29, 1.82) is 0 Å². The van der Waals surface area contributed by atoms with Gasteiger partial charge in [0.1, 0.15) is 0 Å². The minimum absolute atomic E-state index is 0.105. The minimum Gasteiger partial charge on any atom is -0.385 e. The highest BCUT2D eigenvalue weighted by Crippen LogP contribution is 2.29. The van der Waals surface area contributed by atoms with Crippen LogP contribution in [-0.4, -0.2) is 37.3 Å². The topological polar surface area (TPSA) is 99.7 Å². The molecule has 0 saturated heterocycles. The Kier molecular flexibility index (Phi) is 7.86. The number of rotatable bonds is 10. The molecule has 0 saturated carbocycles. The predicted octanol–water partition coefficient (Wildman–Crippen LogP) is 3.10. The highest BCUT2D eigenvalue weighted by Gasteiger charge is 2.18. The molecule has 0 atom stereocenters. The fourth-order valence-corrected chi connectivity index (χ4v) is 4.34. The lowest BCUT2D eigenvalue weighted by Gasteiger charge is -2.21. The molecule has 4 rings (SSSR count). The number of halogens is 1. The number of amides is 1. The van der Waals surface area contributed by atoms with E-state index in [1.807, 2.05) is 35.5 Å². The number of carbonyl (C=O) groups excluding carboxylic acids is 1. The lowest BCUT2D eigenvalue weighted by Crippen LogP contribution is -2.38. The number of nitrogens with zero attached hydrogens (tertiary/aromatic N) is 2. The van der Waals surface area contributed by atoms with E-state index < -0.39 is 0 Å². The summed E-state index contributed by atoms with van der Waals surface area (Å²) in [5.41, 5.74) is 9.28. The average molecular weight is 501 g/mol. The van der Waals surface area contributed by atoms with Crippen molar-refractivity contribution >= 4 is 40.2 Å². The molecule has 1 aliphatic rings. The molecule has 178 valence electrons. The first-order valence-electron chi connectivity index (χ1n) is 10.6. The van der Waals surface area contributed by atoms with Crippen molar-refractivity contribution in [3.05, 3.63) is 86.2 Å². The van der Waals surface area contributed by atoms with Crippen molar-refractivity contribution in [3.8, 4) is 5.69 Å². The van der Waals surface area contributed by atoms with Crippen molar-refractivity contribution in [1.82, 2.24) is 20.8 Å². The van der Waals surface area contributed by atoms with Crippen LogP contribution >= 0.6 is 22.9 Å². The summed E-state index contributed by atoms with van der Waals surface area (Å²) >= 11 is 7.15. The molecule has 1 aromatic carbocycles. The van der Waals surface area contributed by atoms with Gasteiger partial charge >= 0.3 is 0 Å². The number of hydrogen-bond acceptors (Lipinski definition) is 8. The number of hydrogen-bond donors (Lipinski definition) is 4. The SMILES string of the molecule is COCCCNc1cc(-n2ccccc2=O)ccc1N1C=C(CNC(=O)c2ccc(Cl)s2)NN1. The number of nitrogens with one attached hydrogen (secondary N) is 4. The highest BCUT2D eigenvalue weighted by molar-refractivity contribution is 7.18. The van der Waals surface area contributed by atoms with E-state index in [-0.39, 0.29) is 11.5 Å². The molecule has 11 heteroatoms. The summed E-state index contributed by atoms with van der Waals surface area (Å²) in [5, 5.41) is 8.12. The largest absolute Gasteiger partial charge is 0.385 e. The zero-order valence-electron chi connectivity index (χ0n) is 18.5. The molecule has 2 aromatic heterocycles. The molecular weight excluding hydrogens is 476 g/mol. The van der Waals surface area contributed by atoms with E-state index in [1.54, 1.807) is 36.1 Å². The van der Waals surface area contributed by atoms with Gasteiger partial charge in [0.2, 0.25) is 0 Å². The predicted molar refractivity (Wildman–Crippen MR) is 136 cm³/mol. The van der Waals surface area contributed by atoms with Crippen LogP contribution in [0.25, 0.3) is 5.69 Å². The van der Waals surface area contributed by atoms with E-state index in [0.29, 0.717) is 28.9 Å². The van der Waals surface area contributed by atoms with Crippen LogP contribution in [0.15, 0.2) is 71.4 Å². The van der Waals surface area contributed by atoms with E-state index >= 15 is 0 Å². The first-order valence-corrected chi connectivity index (χ1v) is 11.8. The molecule has 34 heavy (non-hydrogen) atoms. The van der Waals surface area contributed by atoms with Gasteiger partial charge in [-0.05, 0) is 42.8 Å². The monoisotopic (exact) mass is 500 g/mol. The summed E-state index contributed by atoms with van der Waals surface area (Å²) in [6.07, 6.45) is 4.44. The summed E-state index contributed by atoms with van der Waals surface area (Å²) in [7, 11) is 1.67. The van der Waals surface area contributed by atoms with Crippen LogP contribution in [0, 0.1) is 0 Å². The van der Waals surface area contributed by atoms with E-state index in [2.05, 4.69) is 21.6 Å². The Labute approximate surface area is 205 Å². The van der Waals surface area contributed by atoms with Gasteiger partial charge in [-0.3, -0.25) is 19.2 Å². The Bertz CT molecular complexity index is 1240. The van der Waals surface area contributed by atoms with Crippen LogP contribution in [0.1, 0.15) is 16.1 Å². The number of carbonyl (C=O) groups is 1. The molecule has 0 fully saturated rings. The number of thiophene rings is 1. The number of pyridine rings is 1. The molecule has 3 heterocycles. The smallest absolute Gasteiger partial charge is 0.261 e. The maximum Gasteiger partial charge on any atom is 0.261 e. The minimum atomic E-state index is -0.184. The van der Waals surface area contributed by atoms with Gasteiger partial charge in [0.25, 0.3) is 11.5 Å². The maximum atomic E-state index is 12.3. The third-order valence-corrected chi connectivity index (χ3v) is 6.27. The standard InChI is InChI=1S/C23H25ClN6O3S/c1-33-12-4-10-25-18-13-17(29-11-3-2-5-22(29)31)6-7-19(18)30-15-16(27-28-30)14-26-23(32)20-8-9-21(24)34-20/h2-3,5-9,11,13,15,25,27-28H,4,10,12,14H2,1H3,(H,26,32). The summed E-state index contributed by atoms with van der Waals surface area (Å²) < 4.78 is 7.31. The number of benzene rings is 1. The molecule has 0 aliphatic carbocycles. The van der Waals surface area contributed by atoms with Crippen LogP contribution in [-0.2, 0) is 4.74 Å². The second-order valence-electron chi connectivity index (χ2n) is 7.43. The van der Waals surface area contributed by atoms with Gasteiger partial charge in [0.15, 0.2) is 0 Å². The Morgan fingerprint density at radius 2 is 2.09 bits per heavy atom. The molecule has 1 aliphatic heterocycles. The molecule has 0 spiro atoms. The summed E-state index contributed by atoms with van der Waals surface area (Å²) in [5.74, 6) is -0.184. The molecular formula is C23H25ClN6O3S. The van der Waals surface area contributed by atoms with Crippen molar-refractivity contribution in [2.45, 2.75) is 6.42 Å². The lowest BCUT2D eigenvalue weighted by atomic mass is 10.2. The Morgan fingerprint density at radius 1 is 1.21 bits per heavy atom. The van der Waals surface area contributed by atoms with Crippen molar-refractivity contribution < 1.29 is 9.53 Å². The van der Waals surface area contributed by atoms with Gasteiger partial charge < -0.3 is 20.8 Å². The number of methoxy groups -OCH3 is 1. The zero-order valence-corrected chi connectivity index (χ0v) is 20.1. The molecule has 3 aromatic rings. The van der Waals surface area contributed by atoms with E-state index in [4.69, 9.17) is 16.3 Å². The summed E-state index contributed by atoms with van der Waals surface area (Å²) in [6.45, 7) is 1.65. The highest BCUT2D eigenvalue weighted by atomic mass is 35.5. The fourth-order valence-electron chi connectivity index (χ4n) is 3.38. The average Bonchev–Trinajstić information content (AvgIpc) is 3.50. The second-order valence-corrected chi connectivity index (χ2v) is 9.15. The molecule has 4 N–H and O–H groups in total. The molecule has 9 nitrogen and oxygen atoms in total. The van der Waals surface area contributed by atoms with Crippen molar-refractivity contribution in [2.75, 3.05) is 37.1 Å². The van der Waals surface area contributed by atoms with Crippen molar-refractivity contribution in [3.63, 3.8) is 0 Å². The third kappa shape index (κ3) is 5.78. The van der Waals surface area contributed by atoms with Gasteiger partial charge in [0, 0.05) is 38.7 Å². The zero-order chi connectivity index (χ0) is 23.9. The second kappa shape index (κ2) is 11.2. The van der Waals surface area contributed by atoms with Crippen LogP contribution in [0.2, 0.25) is 4.34 Å². The van der Waals surface area contributed by atoms with Gasteiger partial charge in [-0.1, -0.05) is 17.7 Å². The van der Waals surface area contributed by atoms with E-state index in [0.717, 1.165) is 29.2 Å². The van der Waals surface area contributed by atoms with Gasteiger partial charge in [-0.15, -0.1) is 16.9 Å². The Morgan fingerprint density at radius 3 is 2.85 bits per heavy atom. The molecule has 1 amide bonds. The van der Waals surface area contributed by atoms with Gasteiger partial charge in [-0.25, -0.2) is 0 Å². The Balaban J connectivity index is 1.51. The van der Waals surface area contributed by atoms with Crippen LogP contribution in [0.3, 0.4) is 0 Å². The van der Waals surface area contributed by atoms with Gasteiger partial charge in [0.05, 0.1) is 38.5 Å². The van der Waals surface area contributed by atoms with E-state index in [1.165, 1.54) is 17.4 Å². The first kappa shape index (κ1) is 23.8. The number of ether oxygens (including phenoxy) is 1. The van der Waals surface area contributed by atoms with Crippen LogP contribution in [0.5, 0.6) is 0 Å². The molecule has 0 unspecified atom stereocenters. The maximum absolute atomic E-state index is 12.3. The summed E-state index contributed by atoms with van der Waals surface area (Å²) in [4.78, 5) is 25.1. The lowest BCUT2D eigenvalue weighted by molar-refractivity contribution is 0.0960. The van der Waals surface area contributed by atoms with Crippen LogP contribution in [0.4, 0.5) is 11.4 Å². The number of aromatic nitrogens is 1. The number of anilines is 2. The quantitative estimate of drug-likeness (QED) is 0.317. The fraction of sp³-hybridized carbons (Fsp3) is 0.217. The normalized spacial score (nSPS) is 12.9. The molecule has 0 radical (unpaired) electrons. The van der Waals surface area contributed by atoms with E-state index in [9.17, 15) is 9.59 Å².